The third kappa shape index (κ3) is 6.48. The highest BCUT2D eigenvalue weighted by Gasteiger charge is 2.36. The van der Waals surface area contributed by atoms with Gasteiger partial charge in [0.25, 0.3) is 5.91 Å². The van der Waals surface area contributed by atoms with E-state index in [0.29, 0.717) is 11.3 Å². The number of hydrogen-bond donors (Lipinski definition) is 3. The molecule has 0 bridgehead atoms. The number of aliphatic carboxylic acids is 1. The van der Waals surface area contributed by atoms with Gasteiger partial charge in [0.05, 0.1) is 18.2 Å². The first kappa shape index (κ1) is 26.9. The van der Waals surface area contributed by atoms with Crippen LogP contribution in [0.15, 0.2) is 54.6 Å². The molecule has 1 heterocycles. The maximum Gasteiger partial charge on any atom is 0.305 e. The van der Waals surface area contributed by atoms with Crippen LogP contribution < -0.4 is 10.1 Å². The molecule has 0 saturated carbocycles. The number of amides is 1. The van der Waals surface area contributed by atoms with Gasteiger partial charge in [-0.15, -0.1) is 0 Å². The Morgan fingerprint density at radius 1 is 1.08 bits per heavy atom. The first-order valence-corrected chi connectivity index (χ1v) is 11.6. The molecule has 2 atom stereocenters. The Hall–Kier alpha value is -3.72. The number of carboxylic acid groups (broad SMARTS) is 1. The van der Waals surface area contributed by atoms with Gasteiger partial charge < -0.3 is 20.3 Å². The molecule has 0 spiro atoms. The molecule has 9 heteroatoms. The fourth-order valence-corrected chi connectivity index (χ4v) is 3.23. The summed E-state index contributed by atoms with van der Waals surface area (Å²) in [6.07, 6.45) is -0.314. The van der Waals surface area contributed by atoms with E-state index in [2.05, 4.69) is 10.4 Å². The molecule has 3 aromatic rings. The van der Waals surface area contributed by atoms with Crippen LogP contribution in [0.5, 0.6) is 5.88 Å². The van der Waals surface area contributed by atoms with Crippen LogP contribution in [0.25, 0.3) is 5.69 Å². The Kier molecular flexibility index (Phi) is 7.83. The van der Waals surface area contributed by atoms with Crippen molar-refractivity contribution in [1.29, 1.82) is 0 Å². The average Bonchev–Trinajstić information content (AvgIpc) is 3.22. The number of aryl methyl sites for hydroxylation is 1. The molecule has 3 N–H and O–H groups in total. The van der Waals surface area contributed by atoms with Crippen LogP contribution in [-0.4, -0.2) is 44.1 Å². The number of carbonyl (C=O) groups is 2. The maximum absolute atomic E-state index is 13.5. The Labute approximate surface area is 209 Å². The molecular weight excluding hydrogens is 465 g/mol. The van der Waals surface area contributed by atoms with Crippen molar-refractivity contribution < 1.29 is 28.9 Å². The van der Waals surface area contributed by atoms with Gasteiger partial charge in [0, 0.05) is 6.07 Å². The maximum atomic E-state index is 13.5. The van der Waals surface area contributed by atoms with Gasteiger partial charge in [-0.1, -0.05) is 50.6 Å². The van der Waals surface area contributed by atoms with Crippen molar-refractivity contribution >= 4 is 11.9 Å². The van der Waals surface area contributed by atoms with Crippen molar-refractivity contribution in [2.45, 2.75) is 52.7 Å². The molecule has 0 aliphatic rings. The van der Waals surface area contributed by atoms with Crippen molar-refractivity contribution in [2.75, 3.05) is 6.61 Å². The minimum absolute atomic E-state index is 0.0211. The van der Waals surface area contributed by atoms with Crippen molar-refractivity contribution in [3.63, 3.8) is 0 Å². The number of benzene rings is 2. The predicted octanol–water partition coefficient (Wildman–Crippen LogP) is 4.44. The van der Waals surface area contributed by atoms with Gasteiger partial charge >= 0.3 is 5.97 Å². The fraction of sp³-hybridized carbons (Fsp3) is 0.370. The number of halogens is 1. The molecule has 0 unspecified atom stereocenters. The van der Waals surface area contributed by atoms with Crippen LogP contribution in [0.1, 0.15) is 61.8 Å². The van der Waals surface area contributed by atoms with Crippen molar-refractivity contribution in [2.24, 2.45) is 5.41 Å². The van der Waals surface area contributed by atoms with Gasteiger partial charge in [0.2, 0.25) is 5.88 Å². The summed E-state index contributed by atoms with van der Waals surface area (Å²) in [5.74, 6) is -1.93. The van der Waals surface area contributed by atoms with Gasteiger partial charge in [0.15, 0.2) is 5.69 Å². The van der Waals surface area contributed by atoms with Crippen LogP contribution in [0.4, 0.5) is 4.39 Å². The Morgan fingerprint density at radius 3 is 2.25 bits per heavy atom. The van der Waals surface area contributed by atoms with E-state index in [1.807, 2.05) is 39.8 Å². The van der Waals surface area contributed by atoms with E-state index in [-0.39, 0.29) is 24.6 Å². The lowest BCUT2D eigenvalue weighted by molar-refractivity contribution is -0.137. The van der Waals surface area contributed by atoms with Crippen molar-refractivity contribution in [3.8, 4) is 11.6 Å². The van der Waals surface area contributed by atoms with E-state index < -0.39 is 34.8 Å². The number of nitrogens with zero attached hydrogens (tertiary/aromatic N) is 2. The van der Waals surface area contributed by atoms with Gasteiger partial charge in [-0.05, 0) is 49.1 Å². The number of carbonyl (C=O) groups excluding carboxylic acids is 1. The topological polar surface area (TPSA) is 114 Å². The zero-order valence-corrected chi connectivity index (χ0v) is 21.1. The second kappa shape index (κ2) is 10.5. The van der Waals surface area contributed by atoms with Gasteiger partial charge in [-0.3, -0.25) is 9.59 Å². The summed E-state index contributed by atoms with van der Waals surface area (Å²) in [6.45, 7) is 9.10. The number of ether oxygens (including phenoxy) is 1. The summed E-state index contributed by atoms with van der Waals surface area (Å²) in [7, 11) is 0. The second-order valence-electron chi connectivity index (χ2n) is 10.1. The molecule has 0 aliphatic heterocycles. The largest absolute Gasteiger partial charge is 0.481 e. The molecule has 0 fully saturated rings. The normalized spacial score (nSPS) is 14.1. The van der Waals surface area contributed by atoms with E-state index in [4.69, 9.17) is 4.74 Å². The molecule has 1 amide bonds. The standard InChI is InChI=1S/C27H32FN3O5/c1-17-6-8-18(9-7-17)21(15-24(32)33)29-25(34)22-14-23(36-16-27(5,35)26(2,3)4)31(30-22)20-12-10-19(28)11-13-20/h6-14,21,35H,15-16H2,1-5H3,(H,29,34)(H,32,33)/t21-,27-/m0/s1. The molecule has 2 aromatic carbocycles. The molecular formula is C27H32FN3O5. The monoisotopic (exact) mass is 497 g/mol. The van der Waals surface area contributed by atoms with Crippen LogP contribution in [0, 0.1) is 18.2 Å². The third-order valence-corrected chi connectivity index (χ3v) is 6.26. The van der Waals surface area contributed by atoms with Crippen LogP contribution in [-0.2, 0) is 4.79 Å². The lowest BCUT2D eigenvalue weighted by Crippen LogP contribution is -2.45. The van der Waals surface area contributed by atoms with Crippen LogP contribution in [0.2, 0.25) is 0 Å². The lowest BCUT2D eigenvalue weighted by atomic mass is 9.78. The molecule has 36 heavy (non-hydrogen) atoms. The zero-order valence-electron chi connectivity index (χ0n) is 21.1. The van der Waals surface area contributed by atoms with Gasteiger partial charge in [-0.25, -0.2) is 9.07 Å². The molecule has 1 aromatic heterocycles. The minimum Gasteiger partial charge on any atom is -0.481 e. The van der Waals surface area contributed by atoms with E-state index in [0.717, 1.165) is 5.56 Å². The average molecular weight is 498 g/mol. The summed E-state index contributed by atoms with van der Waals surface area (Å²) < 4.78 is 20.7. The van der Waals surface area contributed by atoms with Gasteiger partial charge in [0.1, 0.15) is 18.0 Å². The highest BCUT2D eigenvalue weighted by Crippen LogP contribution is 2.31. The summed E-state index contributed by atoms with van der Waals surface area (Å²) in [4.78, 5) is 24.6. The Balaban J connectivity index is 1.93. The predicted molar refractivity (Wildman–Crippen MR) is 133 cm³/mol. The molecule has 0 saturated heterocycles. The lowest BCUT2D eigenvalue weighted by Gasteiger charge is -2.36. The quantitative estimate of drug-likeness (QED) is 0.403. The minimum atomic E-state index is -1.20. The first-order valence-electron chi connectivity index (χ1n) is 11.6. The van der Waals surface area contributed by atoms with Crippen LogP contribution >= 0.6 is 0 Å². The van der Waals surface area contributed by atoms with Crippen molar-refractivity contribution in [1.82, 2.24) is 15.1 Å². The number of nitrogens with one attached hydrogen (secondary N) is 1. The van der Waals surface area contributed by atoms with E-state index in [1.54, 1.807) is 19.1 Å². The highest BCUT2D eigenvalue weighted by atomic mass is 19.1. The SMILES string of the molecule is Cc1ccc([C@H](CC(=O)O)NC(=O)c2cc(OC[C@](C)(O)C(C)(C)C)n(-c3ccc(F)cc3)n2)cc1. The number of hydrogen-bond acceptors (Lipinski definition) is 5. The smallest absolute Gasteiger partial charge is 0.305 e. The first-order chi connectivity index (χ1) is 16.8. The number of carboxylic acids is 1. The fourth-order valence-electron chi connectivity index (χ4n) is 3.23. The molecule has 0 aliphatic carbocycles. The second-order valence-corrected chi connectivity index (χ2v) is 10.1. The number of aromatic nitrogens is 2. The summed E-state index contributed by atoms with van der Waals surface area (Å²) in [5, 5.41) is 27.3. The zero-order chi connectivity index (χ0) is 26.7. The number of rotatable bonds is 9. The Morgan fingerprint density at radius 2 is 1.69 bits per heavy atom. The van der Waals surface area contributed by atoms with E-state index >= 15 is 0 Å². The summed E-state index contributed by atoms with van der Waals surface area (Å²) in [6, 6.07) is 13.3. The van der Waals surface area contributed by atoms with Gasteiger partial charge in [-0.2, -0.15) is 5.10 Å². The van der Waals surface area contributed by atoms with E-state index in [1.165, 1.54) is 35.0 Å². The highest BCUT2D eigenvalue weighted by molar-refractivity contribution is 5.93. The molecule has 192 valence electrons. The summed E-state index contributed by atoms with van der Waals surface area (Å²) in [5.41, 5.74) is 0.378. The van der Waals surface area contributed by atoms with Crippen molar-refractivity contribution in [3.05, 3.63) is 77.2 Å². The number of aliphatic hydroxyl groups is 1. The third-order valence-electron chi connectivity index (χ3n) is 6.26. The van der Waals surface area contributed by atoms with Crippen LogP contribution in [0.3, 0.4) is 0 Å². The Bertz CT molecular complexity index is 1210. The molecule has 0 radical (unpaired) electrons. The molecule has 8 nitrogen and oxygen atoms in total. The molecule has 3 rings (SSSR count). The summed E-state index contributed by atoms with van der Waals surface area (Å²) >= 11 is 0. The van der Waals surface area contributed by atoms with E-state index in [9.17, 15) is 24.2 Å².